The number of rotatable bonds is 8. The molecule has 1 N–H and O–H groups in total. The van der Waals surface area contributed by atoms with Gasteiger partial charge in [0.1, 0.15) is 5.70 Å². The van der Waals surface area contributed by atoms with Crippen molar-refractivity contribution in [2.75, 3.05) is 13.1 Å². The van der Waals surface area contributed by atoms with Crippen molar-refractivity contribution < 1.29 is 9.90 Å². The van der Waals surface area contributed by atoms with Gasteiger partial charge < -0.3 is 10.0 Å². The summed E-state index contributed by atoms with van der Waals surface area (Å²) in [5, 5.41) is 8.81. The lowest BCUT2D eigenvalue weighted by atomic mass is 10.2. The minimum atomic E-state index is -0.905. The smallest absolute Gasteiger partial charge is 0.351 e. The fourth-order valence-electron chi connectivity index (χ4n) is 1.21. The largest absolute Gasteiger partial charge is 0.477 e. The summed E-state index contributed by atoms with van der Waals surface area (Å²) in [7, 11) is 0. The highest BCUT2D eigenvalue weighted by Crippen LogP contribution is 2.06. The lowest BCUT2D eigenvalue weighted by molar-refractivity contribution is -0.134. The predicted molar refractivity (Wildman–Crippen MR) is 58.2 cm³/mol. The van der Waals surface area contributed by atoms with Gasteiger partial charge in [0.25, 0.3) is 0 Å². The van der Waals surface area contributed by atoms with Gasteiger partial charge >= 0.3 is 5.97 Å². The minimum absolute atomic E-state index is 0.229. The average Bonchev–Trinajstić information content (AvgIpc) is 2.17. The molecule has 0 aliphatic rings. The van der Waals surface area contributed by atoms with Gasteiger partial charge in [0.2, 0.25) is 0 Å². The second-order valence-electron chi connectivity index (χ2n) is 3.45. The number of carbonyl (C=O) groups is 1. The fraction of sp³-hybridized carbons (Fsp3) is 0.727. The van der Waals surface area contributed by atoms with E-state index in [4.69, 9.17) is 5.11 Å². The Kier molecular flexibility index (Phi) is 6.89. The van der Waals surface area contributed by atoms with Gasteiger partial charge in [0.15, 0.2) is 0 Å². The van der Waals surface area contributed by atoms with E-state index in [9.17, 15) is 4.79 Å². The van der Waals surface area contributed by atoms with Crippen LogP contribution < -0.4 is 0 Å². The van der Waals surface area contributed by atoms with Gasteiger partial charge in [-0.2, -0.15) is 0 Å². The van der Waals surface area contributed by atoms with Crippen molar-refractivity contribution >= 4 is 5.97 Å². The van der Waals surface area contributed by atoms with Gasteiger partial charge in [-0.25, -0.2) is 4.79 Å². The molecule has 0 saturated heterocycles. The number of carboxylic acids is 1. The van der Waals surface area contributed by atoms with E-state index < -0.39 is 5.97 Å². The molecule has 0 bridgehead atoms. The van der Waals surface area contributed by atoms with Crippen molar-refractivity contribution in [2.24, 2.45) is 0 Å². The molecule has 0 rings (SSSR count). The van der Waals surface area contributed by atoms with E-state index >= 15 is 0 Å². The van der Waals surface area contributed by atoms with Crippen LogP contribution >= 0.6 is 0 Å². The minimum Gasteiger partial charge on any atom is -0.477 e. The van der Waals surface area contributed by atoms with Gasteiger partial charge in [-0.15, -0.1) is 0 Å². The molecule has 14 heavy (non-hydrogen) atoms. The molecular weight excluding hydrogens is 178 g/mol. The van der Waals surface area contributed by atoms with Crippen LogP contribution in [0.15, 0.2) is 12.3 Å². The molecule has 0 amide bonds. The highest BCUT2D eigenvalue weighted by Gasteiger charge is 2.12. The maximum absolute atomic E-state index is 10.7. The second kappa shape index (κ2) is 7.42. The van der Waals surface area contributed by atoms with E-state index in [1.807, 2.05) is 4.90 Å². The molecule has 0 aromatic carbocycles. The molecule has 3 heteroatoms. The summed E-state index contributed by atoms with van der Waals surface area (Å²) in [6.07, 6.45) is 4.21. The molecule has 0 atom stereocenters. The Bertz CT molecular complexity index is 182. The van der Waals surface area contributed by atoms with Crippen LogP contribution in [0.5, 0.6) is 0 Å². The molecule has 0 fully saturated rings. The molecule has 3 nitrogen and oxygen atoms in total. The van der Waals surface area contributed by atoms with Gasteiger partial charge in [-0.1, -0.05) is 33.3 Å². The van der Waals surface area contributed by atoms with Crippen molar-refractivity contribution in [3.05, 3.63) is 12.3 Å². The number of aliphatic carboxylic acids is 1. The van der Waals surface area contributed by atoms with E-state index in [0.717, 1.165) is 38.8 Å². The Hall–Kier alpha value is -0.990. The first-order valence-electron chi connectivity index (χ1n) is 5.30. The van der Waals surface area contributed by atoms with E-state index in [1.165, 1.54) is 0 Å². The zero-order valence-corrected chi connectivity index (χ0v) is 9.25. The van der Waals surface area contributed by atoms with Gasteiger partial charge in [-0.3, -0.25) is 0 Å². The van der Waals surface area contributed by atoms with Gasteiger partial charge in [0, 0.05) is 13.1 Å². The van der Waals surface area contributed by atoms with Crippen molar-refractivity contribution in [1.29, 1.82) is 0 Å². The normalized spacial score (nSPS) is 9.86. The molecule has 0 heterocycles. The summed E-state index contributed by atoms with van der Waals surface area (Å²) >= 11 is 0. The fourth-order valence-corrected chi connectivity index (χ4v) is 1.21. The third kappa shape index (κ3) is 4.90. The highest BCUT2D eigenvalue weighted by molar-refractivity contribution is 5.85. The maximum Gasteiger partial charge on any atom is 0.351 e. The van der Waals surface area contributed by atoms with Crippen molar-refractivity contribution in [2.45, 2.75) is 39.5 Å². The zero-order valence-electron chi connectivity index (χ0n) is 9.25. The second-order valence-corrected chi connectivity index (χ2v) is 3.45. The summed E-state index contributed by atoms with van der Waals surface area (Å²) < 4.78 is 0. The Morgan fingerprint density at radius 2 is 1.64 bits per heavy atom. The van der Waals surface area contributed by atoms with Gasteiger partial charge in [-0.05, 0) is 12.8 Å². The SMILES string of the molecule is C=C(C(=O)O)N(CCCC)CCCC. The topological polar surface area (TPSA) is 40.5 Å². The number of carboxylic acid groups (broad SMARTS) is 1. The summed E-state index contributed by atoms with van der Waals surface area (Å²) in [6.45, 7) is 9.40. The Morgan fingerprint density at radius 3 is 1.93 bits per heavy atom. The first-order chi connectivity index (χ1) is 6.63. The summed E-state index contributed by atoms with van der Waals surface area (Å²) in [6, 6.07) is 0. The van der Waals surface area contributed by atoms with Crippen molar-refractivity contribution in [3.63, 3.8) is 0 Å². The predicted octanol–water partition coefficient (Wildman–Crippen LogP) is 2.49. The highest BCUT2D eigenvalue weighted by atomic mass is 16.4. The van der Waals surface area contributed by atoms with E-state index in [-0.39, 0.29) is 5.70 Å². The quantitative estimate of drug-likeness (QED) is 0.610. The Morgan fingerprint density at radius 1 is 1.21 bits per heavy atom. The van der Waals surface area contributed by atoms with Crippen LogP contribution in [0.4, 0.5) is 0 Å². The van der Waals surface area contributed by atoms with Crippen LogP contribution in [-0.4, -0.2) is 29.1 Å². The lowest BCUT2D eigenvalue weighted by Crippen LogP contribution is -2.28. The van der Waals surface area contributed by atoms with Crippen molar-refractivity contribution in [1.82, 2.24) is 4.90 Å². The third-order valence-corrected chi connectivity index (χ3v) is 2.19. The van der Waals surface area contributed by atoms with E-state index in [2.05, 4.69) is 20.4 Å². The monoisotopic (exact) mass is 199 g/mol. The van der Waals surface area contributed by atoms with Crippen LogP contribution in [0.1, 0.15) is 39.5 Å². The molecule has 82 valence electrons. The third-order valence-electron chi connectivity index (χ3n) is 2.19. The van der Waals surface area contributed by atoms with Crippen LogP contribution in [0.3, 0.4) is 0 Å². The number of unbranched alkanes of at least 4 members (excludes halogenated alkanes) is 2. The van der Waals surface area contributed by atoms with E-state index in [0.29, 0.717) is 0 Å². The number of hydrogen-bond donors (Lipinski definition) is 1. The van der Waals surface area contributed by atoms with Crippen LogP contribution in [0.25, 0.3) is 0 Å². The molecular formula is C11H21NO2. The molecule has 0 aliphatic carbocycles. The van der Waals surface area contributed by atoms with Crippen molar-refractivity contribution in [3.8, 4) is 0 Å². The van der Waals surface area contributed by atoms with E-state index in [1.54, 1.807) is 0 Å². The van der Waals surface area contributed by atoms with Crippen LogP contribution in [0, 0.1) is 0 Å². The molecule has 0 aromatic heterocycles. The summed E-state index contributed by atoms with van der Waals surface area (Å²) in [5.74, 6) is -0.905. The molecule has 0 saturated carbocycles. The van der Waals surface area contributed by atoms with Crippen LogP contribution in [-0.2, 0) is 4.79 Å². The standard InChI is InChI=1S/C11H21NO2/c1-4-6-8-12(9-7-5-2)10(3)11(13)14/h3-9H2,1-2H3,(H,13,14). The molecule has 0 radical (unpaired) electrons. The van der Waals surface area contributed by atoms with Crippen LogP contribution in [0.2, 0.25) is 0 Å². The lowest BCUT2D eigenvalue weighted by Gasteiger charge is -2.23. The first kappa shape index (κ1) is 13.0. The molecule has 0 unspecified atom stereocenters. The average molecular weight is 199 g/mol. The molecule has 0 spiro atoms. The first-order valence-corrected chi connectivity index (χ1v) is 5.30. The Labute approximate surface area is 86.4 Å². The summed E-state index contributed by atoms with van der Waals surface area (Å²) in [4.78, 5) is 12.6. The zero-order chi connectivity index (χ0) is 11.0. The molecule has 0 aromatic rings. The molecule has 0 aliphatic heterocycles. The maximum atomic E-state index is 10.7. The number of nitrogens with zero attached hydrogens (tertiary/aromatic N) is 1. The van der Waals surface area contributed by atoms with Gasteiger partial charge in [0.05, 0.1) is 0 Å². The summed E-state index contributed by atoms with van der Waals surface area (Å²) in [5.41, 5.74) is 0.229. The Balaban J connectivity index is 4.08. The number of hydrogen-bond acceptors (Lipinski definition) is 2.